The van der Waals surface area contributed by atoms with Gasteiger partial charge in [0.25, 0.3) is 5.91 Å². The highest BCUT2D eigenvalue weighted by molar-refractivity contribution is 6.06. The Morgan fingerprint density at radius 2 is 2.00 bits per heavy atom. The zero-order valence-electron chi connectivity index (χ0n) is 13.1. The molecule has 0 radical (unpaired) electrons. The maximum Gasteiger partial charge on any atom is 0.255 e. The van der Waals surface area contributed by atoms with Gasteiger partial charge in [-0.3, -0.25) is 9.59 Å². The van der Waals surface area contributed by atoms with Crippen LogP contribution in [0.5, 0.6) is 5.75 Å². The summed E-state index contributed by atoms with van der Waals surface area (Å²) in [7, 11) is 1.69. The molecule has 118 valence electrons. The molecule has 1 aliphatic heterocycles. The Morgan fingerprint density at radius 1 is 1.22 bits per heavy atom. The van der Waals surface area contributed by atoms with Crippen molar-refractivity contribution in [2.45, 2.75) is 13.3 Å². The smallest absolute Gasteiger partial charge is 0.255 e. The molecular weight excluding hydrogens is 292 g/mol. The Balaban J connectivity index is 1.89. The van der Waals surface area contributed by atoms with Crippen molar-refractivity contribution < 1.29 is 14.3 Å². The third kappa shape index (κ3) is 3.04. The average Bonchev–Trinajstić information content (AvgIpc) is 2.69. The van der Waals surface area contributed by atoms with Crippen molar-refractivity contribution in [3.8, 4) is 5.75 Å². The van der Waals surface area contributed by atoms with E-state index in [-0.39, 0.29) is 11.8 Å². The van der Waals surface area contributed by atoms with E-state index in [0.29, 0.717) is 30.0 Å². The maximum atomic E-state index is 12.5. The number of rotatable bonds is 2. The predicted molar refractivity (Wildman–Crippen MR) is 89.1 cm³/mol. The summed E-state index contributed by atoms with van der Waals surface area (Å²) in [5.74, 6) is 0.373. The summed E-state index contributed by atoms with van der Waals surface area (Å²) in [4.78, 5) is 25.9. The number of para-hydroxylation sites is 1. The van der Waals surface area contributed by atoms with Crippen molar-refractivity contribution in [1.29, 1.82) is 0 Å². The van der Waals surface area contributed by atoms with E-state index in [1.54, 1.807) is 25.2 Å². The highest BCUT2D eigenvalue weighted by Crippen LogP contribution is 2.31. The first-order chi connectivity index (χ1) is 11.1. The molecule has 3 rings (SSSR count). The molecule has 0 bridgehead atoms. The predicted octanol–water partition coefficient (Wildman–Crippen LogP) is 2.99. The Kier molecular flexibility index (Phi) is 4.02. The van der Waals surface area contributed by atoms with Crippen molar-refractivity contribution >= 4 is 23.2 Å². The van der Waals surface area contributed by atoms with Crippen LogP contribution in [0.15, 0.2) is 42.5 Å². The number of nitrogens with zero attached hydrogens (tertiary/aromatic N) is 1. The number of carbonyl (C=O) groups excluding carboxylic acids is 2. The van der Waals surface area contributed by atoms with Crippen molar-refractivity contribution in [3.05, 3.63) is 53.6 Å². The van der Waals surface area contributed by atoms with Crippen molar-refractivity contribution in [3.63, 3.8) is 0 Å². The number of fused-ring (bicyclic) bond motifs is 1. The first-order valence-electron chi connectivity index (χ1n) is 7.46. The summed E-state index contributed by atoms with van der Waals surface area (Å²) in [6, 6.07) is 12.7. The number of aryl methyl sites for hydroxylation is 1. The van der Waals surface area contributed by atoms with Crippen LogP contribution >= 0.6 is 0 Å². The lowest BCUT2D eigenvalue weighted by Crippen LogP contribution is -2.25. The largest absolute Gasteiger partial charge is 0.491 e. The molecule has 0 saturated heterocycles. The van der Waals surface area contributed by atoms with E-state index < -0.39 is 0 Å². The van der Waals surface area contributed by atoms with Crippen LogP contribution in [0.25, 0.3) is 0 Å². The molecule has 2 amide bonds. The fourth-order valence-corrected chi connectivity index (χ4v) is 2.50. The fraction of sp³-hybridized carbons (Fsp3) is 0.222. The quantitative estimate of drug-likeness (QED) is 0.927. The number of benzene rings is 2. The maximum absolute atomic E-state index is 12.5. The van der Waals surface area contributed by atoms with Gasteiger partial charge in [0.15, 0.2) is 0 Å². The molecule has 5 heteroatoms. The zero-order chi connectivity index (χ0) is 16.4. The molecule has 0 spiro atoms. The minimum absolute atomic E-state index is 0.0276. The number of anilines is 2. The summed E-state index contributed by atoms with van der Waals surface area (Å²) in [5, 5.41) is 2.89. The van der Waals surface area contributed by atoms with E-state index in [0.717, 1.165) is 11.3 Å². The molecule has 0 atom stereocenters. The van der Waals surface area contributed by atoms with Gasteiger partial charge in [-0.25, -0.2) is 0 Å². The summed E-state index contributed by atoms with van der Waals surface area (Å²) in [5.41, 5.74) is 2.86. The standard InChI is InChI=1S/C18H18N2O3/c1-12-5-3-4-6-14(12)19-18(22)13-7-8-16-15(11-13)20(2)17(21)9-10-23-16/h3-8,11H,9-10H2,1-2H3,(H,19,22). The van der Waals surface area contributed by atoms with Gasteiger partial charge in [-0.2, -0.15) is 0 Å². The minimum atomic E-state index is -0.216. The van der Waals surface area contributed by atoms with Crippen molar-refractivity contribution in [1.82, 2.24) is 0 Å². The molecule has 2 aromatic rings. The summed E-state index contributed by atoms with van der Waals surface area (Å²) < 4.78 is 5.57. The topological polar surface area (TPSA) is 58.6 Å². The normalized spacial score (nSPS) is 13.8. The van der Waals surface area contributed by atoms with Crippen molar-refractivity contribution in [2.24, 2.45) is 0 Å². The van der Waals surface area contributed by atoms with Gasteiger partial charge in [-0.05, 0) is 36.8 Å². The monoisotopic (exact) mass is 310 g/mol. The Hall–Kier alpha value is -2.82. The molecule has 1 aliphatic rings. The van der Waals surface area contributed by atoms with Gasteiger partial charge in [-0.15, -0.1) is 0 Å². The molecule has 23 heavy (non-hydrogen) atoms. The van der Waals surface area contributed by atoms with Gasteiger partial charge in [0.05, 0.1) is 18.7 Å². The lowest BCUT2D eigenvalue weighted by molar-refractivity contribution is -0.118. The lowest BCUT2D eigenvalue weighted by Gasteiger charge is -2.17. The van der Waals surface area contributed by atoms with Crippen LogP contribution < -0.4 is 15.0 Å². The van der Waals surface area contributed by atoms with E-state index in [4.69, 9.17) is 4.74 Å². The minimum Gasteiger partial charge on any atom is -0.491 e. The number of amides is 2. The second-order valence-corrected chi connectivity index (χ2v) is 5.50. The molecule has 0 unspecified atom stereocenters. The second kappa shape index (κ2) is 6.12. The van der Waals surface area contributed by atoms with Crippen LogP contribution in [-0.4, -0.2) is 25.5 Å². The number of carbonyl (C=O) groups is 2. The van der Waals surface area contributed by atoms with Gasteiger partial charge in [0, 0.05) is 18.3 Å². The molecule has 0 saturated carbocycles. The third-order valence-electron chi connectivity index (χ3n) is 3.92. The molecule has 0 aromatic heterocycles. The molecule has 5 nitrogen and oxygen atoms in total. The zero-order valence-corrected chi connectivity index (χ0v) is 13.1. The van der Waals surface area contributed by atoms with Gasteiger partial charge in [0.1, 0.15) is 5.75 Å². The average molecular weight is 310 g/mol. The fourth-order valence-electron chi connectivity index (χ4n) is 2.50. The SMILES string of the molecule is Cc1ccccc1NC(=O)c1ccc2c(c1)N(C)C(=O)CCO2. The molecule has 0 fully saturated rings. The van der Waals surface area contributed by atoms with Crippen LogP contribution in [0.2, 0.25) is 0 Å². The van der Waals surface area contributed by atoms with Gasteiger partial charge in [-0.1, -0.05) is 18.2 Å². The summed E-state index contributed by atoms with van der Waals surface area (Å²) >= 11 is 0. The third-order valence-corrected chi connectivity index (χ3v) is 3.92. The highest BCUT2D eigenvalue weighted by atomic mass is 16.5. The summed E-state index contributed by atoms with van der Waals surface area (Å²) in [6.07, 6.45) is 0.329. The van der Waals surface area contributed by atoms with Crippen LogP contribution in [0.1, 0.15) is 22.3 Å². The molecular formula is C18H18N2O3. The van der Waals surface area contributed by atoms with E-state index in [9.17, 15) is 9.59 Å². The second-order valence-electron chi connectivity index (χ2n) is 5.50. The number of hydrogen-bond acceptors (Lipinski definition) is 3. The molecule has 0 aliphatic carbocycles. The van der Waals surface area contributed by atoms with Gasteiger partial charge < -0.3 is 15.0 Å². The van der Waals surface area contributed by atoms with Gasteiger partial charge >= 0.3 is 0 Å². The number of hydrogen-bond donors (Lipinski definition) is 1. The van der Waals surface area contributed by atoms with Crippen LogP contribution in [-0.2, 0) is 4.79 Å². The highest BCUT2D eigenvalue weighted by Gasteiger charge is 2.21. The Bertz CT molecular complexity index is 771. The lowest BCUT2D eigenvalue weighted by atomic mass is 10.1. The van der Waals surface area contributed by atoms with Crippen molar-refractivity contribution in [2.75, 3.05) is 23.9 Å². The van der Waals surface area contributed by atoms with E-state index >= 15 is 0 Å². The molecule has 2 aromatic carbocycles. The number of ether oxygens (including phenoxy) is 1. The van der Waals surface area contributed by atoms with Crippen LogP contribution in [0.3, 0.4) is 0 Å². The first-order valence-corrected chi connectivity index (χ1v) is 7.46. The molecule has 1 N–H and O–H groups in total. The van der Waals surface area contributed by atoms with E-state index in [1.807, 2.05) is 31.2 Å². The van der Waals surface area contributed by atoms with Gasteiger partial charge in [0.2, 0.25) is 5.91 Å². The van der Waals surface area contributed by atoms with E-state index in [2.05, 4.69) is 5.32 Å². The van der Waals surface area contributed by atoms with Crippen LogP contribution in [0.4, 0.5) is 11.4 Å². The van der Waals surface area contributed by atoms with E-state index in [1.165, 1.54) is 4.90 Å². The number of nitrogens with one attached hydrogen (secondary N) is 1. The summed E-state index contributed by atoms with van der Waals surface area (Å²) in [6.45, 7) is 2.29. The first kappa shape index (κ1) is 15.1. The van der Waals surface area contributed by atoms with Crippen LogP contribution in [0, 0.1) is 6.92 Å². The Morgan fingerprint density at radius 3 is 2.78 bits per heavy atom. The molecule has 1 heterocycles. The Labute approximate surface area is 134 Å².